The number of ether oxygens (including phenoxy) is 2. The molecule has 0 aliphatic heterocycles. The summed E-state index contributed by atoms with van der Waals surface area (Å²) >= 11 is 0. The van der Waals surface area contributed by atoms with Gasteiger partial charge in [0.25, 0.3) is 0 Å². The molecule has 2 N–H and O–H groups in total. The highest BCUT2D eigenvalue weighted by Crippen LogP contribution is 2.15. The molecule has 0 saturated heterocycles. The molecule has 0 heterocycles. The van der Waals surface area contributed by atoms with E-state index < -0.39 is 10.0 Å². The van der Waals surface area contributed by atoms with E-state index >= 15 is 0 Å². The van der Waals surface area contributed by atoms with Crippen molar-refractivity contribution in [2.45, 2.75) is 25.6 Å². The van der Waals surface area contributed by atoms with Gasteiger partial charge in [-0.15, -0.1) is 12.4 Å². The van der Waals surface area contributed by atoms with Gasteiger partial charge in [0.15, 0.2) is 0 Å². The van der Waals surface area contributed by atoms with Crippen LogP contribution in [-0.2, 0) is 21.3 Å². The molecular formula is C20H28ClFN2O4S. The Hall–Kier alpha value is -1.71. The first-order valence-electron chi connectivity index (χ1n) is 8.93. The monoisotopic (exact) mass is 446 g/mol. The van der Waals surface area contributed by atoms with Crippen LogP contribution in [0.3, 0.4) is 0 Å². The van der Waals surface area contributed by atoms with Crippen LogP contribution in [0.1, 0.15) is 24.1 Å². The Morgan fingerprint density at radius 1 is 1.03 bits per heavy atom. The van der Waals surface area contributed by atoms with Crippen LogP contribution < -0.4 is 14.8 Å². The van der Waals surface area contributed by atoms with E-state index in [9.17, 15) is 12.8 Å². The average Bonchev–Trinajstić information content (AvgIpc) is 2.64. The van der Waals surface area contributed by atoms with Crippen molar-refractivity contribution < 1.29 is 22.3 Å². The van der Waals surface area contributed by atoms with Crippen molar-refractivity contribution >= 4 is 22.4 Å². The standard InChI is InChI=1S/C20H27FN2O4S.ClH/c1-15(23-28(3,24)25)17-6-4-16(5-7-17)12-22-19(13-26-2)14-27-20-10-8-18(21)9-11-20;/h4-11,15,19,22-23H,12-14H2,1-3H3;1H/t15-,19?;/m1./s1. The Labute approximate surface area is 178 Å². The highest BCUT2D eigenvalue weighted by atomic mass is 35.5. The molecule has 2 aromatic carbocycles. The van der Waals surface area contributed by atoms with Crippen LogP contribution in [-0.4, -0.2) is 41.0 Å². The first-order valence-corrected chi connectivity index (χ1v) is 10.8. The molecule has 0 fully saturated rings. The van der Waals surface area contributed by atoms with Crippen LogP contribution in [0.5, 0.6) is 5.75 Å². The lowest BCUT2D eigenvalue weighted by Gasteiger charge is -2.19. The number of rotatable bonds is 11. The molecule has 29 heavy (non-hydrogen) atoms. The minimum atomic E-state index is -3.25. The molecule has 162 valence electrons. The summed E-state index contributed by atoms with van der Waals surface area (Å²) in [6.45, 7) is 3.26. The van der Waals surface area contributed by atoms with Gasteiger partial charge in [0, 0.05) is 19.7 Å². The van der Waals surface area contributed by atoms with Crippen LogP contribution in [0.25, 0.3) is 0 Å². The fraction of sp³-hybridized carbons (Fsp3) is 0.400. The first kappa shape index (κ1) is 25.3. The van der Waals surface area contributed by atoms with Gasteiger partial charge in [0.2, 0.25) is 10.0 Å². The molecule has 0 spiro atoms. The summed E-state index contributed by atoms with van der Waals surface area (Å²) in [5.74, 6) is 0.296. The number of benzene rings is 2. The summed E-state index contributed by atoms with van der Waals surface area (Å²) < 4.78 is 49.1. The lowest BCUT2D eigenvalue weighted by atomic mass is 10.1. The fourth-order valence-electron chi connectivity index (χ4n) is 2.67. The minimum absolute atomic E-state index is 0. The van der Waals surface area contributed by atoms with Gasteiger partial charge < -0.3 is 14.8 Å². The molecule has 2 atom stereocenters. The third-order valence-electron chi connectivity index (χ3n) is 4.10. The van der Waals surface area contributed by atoms with E-state index in [0.29, 0.717) is 25.5 Å². The molecule has 0 amide bonds. The van der Waals surface area contributed by atoms with Crippen LogP contribution in [0.15, 0.2) is 48.5 Å². The molecule has 9 heteroatoms. The van der Waals surface area contributed by atoms with Crippen molar-refractivity contribution in [1.82, 2.24) is 10.0 Å². The highest BCUT2D eigenvalue weighted by Gasteiger charge is 2.12. The van der Waals surface area contributed by atoms with E-state index in [4.69, 9.17) is 9.47 Å². The second kappa shape index (κ2) is 12.1. The van der Waals surface area contributed by atoms with Crippen molar-refractivity contribution in [1.29, 1.82) is 0 Å². The van der Waals surface area contributed by atoms with Gasteiger partial charge in [-0.05, 0) is 42.3 Å². The quantitative estimate of drug-likeness (QED) is 0.554. The number of hydrogen-bond donors (Lipinski definition) is 2. The zero-order valence-electron chi connectivity index (χ0n) is 16.7. The number of halogens is 2. The van der Waals surface area contributed by atoms with Crippen LogP contribution in [0.4, 0.5) is 4.39 Å². The van der Waals surface area contributed by atoms with Crippen molar-refractivity contribution in [3.8, 4) is 5.75 Å². The summed E-state index contributed by atoms with van der Waals surface area (Å²) in [7, 11) is -1.63. The van der Waals surface area contributed by atoms with E-state index in [-0.39, 0.29) is 30.3 Å². The molecule has 1 unspecified atom stereocenters. The maximum atomic E-state index is 13.0. The van der Waals surface area contributed by atoms with Crippen molar-refractivity contribution in [2.75, 3.05) is 26.6 Å². The number of methoxy groups -OCH3 is 1. The molecule has 2 aromatic rings. The van der Waals surface area contributed by atoms with E-state index in [2.05, 4.69) is 10.0 Å². The summed E-state index contributed by atoms with van der Waals surface area (Å²) in [4.78, 5) is 0. The topological polar surface area (TPSA) is 76.7 Å². The Balaban J connectivity index is 0.00000420. The van der Waals surface area contributed by atoms with Crippen molar-refractivity contribution in [3.63, 3.8) is 0 Å². The molecule has 0 bridgehead atoms. The molecule has 0 aromatic heterocycles. The first-order chi connectivity index (χ1) is 13.3. The van der Waals surface area contributed by atoms with E-state index in [1.807, 2.05) is 24.3 Å². The van der Waals surface area contributed by atoms with Crippen LogP contribution in [0, 0.1) is 5.82 Å². The number of nitrogens with one attached hydrogen (secondary N) is 2. The van der Waals surface area contributed by atoms with E-state index in [1.165, 1.54) is 12.1 Å². The molecule has 0 aliphatic rings. The lowest BCUT2D eigenvalue weighted by Crippen LogP contribution is -2.38. The number of hydrogen-bond acceptors (Lipinski definition) is 5. The summed E-state index contributed by atoms with van der Waals surface area (Å²) in [6.07, 6.45) is 1.14. The molecular weight excluding hydrogens is 419 g/mol. The fourth-order valence-corrected chi connectivity index (χ4v) is 3.45. The van der Waals surface area contributed by atoms with Crippen molar-refractivity contribution in [3.05, 3.63) is 65.5 Å². The zero-order chi connectivity index (χ0) is 20.6. The Morgan fingerprint density at radius 3 is 2.21 bits per heavy atom. The minimum Gasteiger partial charge on any atom is -0.492 e. The summed E-state index contributed by atoms with van der Waals surface area (Å²) in [6, 6.07) is 13.3. The maximum Gasteiger partial charge on any atom is 0.209 e. The van der Waals surface area contributed by atoms with Gasteiger partial charge in [-0.1, -0.05) is 24.3 Å². The second-order valence-electron chi connectivity index (χ2n) is 6.65. The van der Waals surface area contributed by atoms with E-state index in [1.54, 1.807) is 26.2 Å². The Bertz CT molecular complexity index is 833. The normalized spacial score (nSPS) is 13.4. The smallest absolute Gasteiger partial charge is 0.209 e. The molecule has 0 radical (unpaired) electrons. The average molecular weight is 447 g/mol. The van der Waals surface area contributed by atoms with Crippen LogP contribution >= 0.6 is 12.4 Å². The lowest BCUT2D eigenvalue weighted by molar-refractivity contribution is 0.135. The SMILES string of the molecule is COCC(COc1ccc(F)cc1)NCc1ccc([C@@H](C)NS(C)(=O)=O)cc1.Cl. The molecule has 2 rings (SSSR count). The summed E-state index contributed by atoms with van der Waals surface area (Å²) in [5, 5.41) is 3.37. The van der Waals surface area contributed by atoms with Crippen LogP contribution in [0.2, 0.25) is 0 Å². The number of sulfonamides is 1. The van der Waals surface area contributed by atoms with Crippen molar-refractivity contribution in [2.24, 2.45) is 0 Å². The zero-order valence-corrected chi connectivity index (χ0v) is 18.4. The van der Waals surface area contributed by atoms with Gasteiger partial charge in [-0.3, -0.25) is 0 Å². The van der Waals surface area contributed by atoms with Gasteiger partial charge in [0.05, 0.1) is 18.9 Å². The molecule has 6 nitrogen and oxygen atoms in total. The van der Waals surface area contributed by atoms with E-state index in [0.717, 1.165) is 17.4 Å². The second-order valence-corrected chi connectivity index (χ2v) is 8.43. The molecule has 0 aliphatic carbocycles. The van der Waals surface area contributed by atoms with Gasteiger partial charge >= 0.3 is 0 Å². The van der Waals surface area contributed by atoms with Gasteiger partial charge in [-0.2, -0.15) is 0 Å². The third-order valence-corrected chi connectivity index (χ3v) is 4.88. The maximum absolute atomic E-state index is 13.0. The highest BCUT2D eigenvalue weighted by molar-refractivity contribution is 7.88. The Kier molecular flexibility index (Phi) is 10.6. The summed E-state index contributed by atoms with van der Waals surface area (Å²) in [5.41, 5.74) is 1.94. The predicted octanol–water partition coefficient (Wildman–Crippen LogP) is 3.04. The molecule has 0 saturated carbocycles. The van der Waals surface area contributed by atoms with Gasteiger partial charge in [-0.25, -0.2) is 17.5 Å². The Morgan fingerprint density at radius 2 is 1.66 bits per heavy atom. The van der Waals surface area contributed by atoms with Gasteiger partial charge in [0.1, 0.15) is 18.2 Å². The third kappa shape index (κ3) is 9.56. The largest absolute Gasteiger partial charge is 0.492 e. The predicted molar refractivity (Wildman–Crippen MR) is 114 cm³/mol.